The summed E-state index contributed by atoms with van der Waals surface area (Å²) in [5.41, 5.74) is 16.1. The second kappa shape index (κ2) is 13.6. The molecule has 0 fully saturated rings. The highest BCUT2D eigenvalue weighted by atomic mass is 32.1. The molecule has 10 N–H and O–H groups in total. The molecular weight excluding hydrogens is 414 g/mol. The number of rotatable bonds is 13. The lowest BCUT2D eigenvalue weighted by molar-refractivity contribution is -0.142. The lowest BCUT2D eigenvalue weighted by Gasteiger charge is -2.26. The largest absolute Gasteiger partial charge is 0.480 e. The van der Waals surface area contributed by atoms with E-state index in [1.54, 1.807) is 13.8 Å². The molecule has 3 amide bonds. The summed E-state index contributed by atoms with van der Waals surface area (Å²) < 4.78 is 0. The zero-order valence-electron chi connectivity index (χ0n) is 17.4. The fourth-order valence-electron chi connectivity index (χ4n) is 2.31. The minimum absolute atomic E-state index is 0.0932. The SMILES string of the molecule is CC(N)C(=O)NC(CCCN=C(N)N)C(=O)NC(C(=O)NC(CS)C(=O)O)C(C)C. The van der Waals surface area contributed by atoms with Crippen molar-refractivity contribution in [2.45, 2.75) is 57.8 Å². The van der Waals surface area contributed by atoms with Gasteiger partial charge in [-0.05, 0) is 25.7 Å². The Morgan fingerprint density at radius 2 is 1.53 bits per heavy atom. The minimum Gasteiger partial charge on any atom is -0.480 e. The van der Waals surface area contributed by atoms with E-state index in [0.717, 1.165) is 0 Å². The van der Waals surface area contributed by atoms with E-state index in [-0.39, 0.29) is 30.6 Å². The molecule has 0 aromatic heterocycles. The molecule has 0 bridgehead atoms. The first-order valence-electron chi connectivity index (χ1n) is 9.46. The summed E-state index contributed by atoms with van der Waals surface area (Å²) >= 11 is 3.90. The van der Waals surface area contributed by atoms with Crippen LogP contribution in [0.5, 0.6) is 0 Å². The van der Waals surface area contributed by atoms with Crippen molar-refractivity contribution in [3.05, 3.63) is 0 Å². The van der Waals surface area contributed by atoms with Crippen LogP contribution in [0.2, 0.25) is 0 Å². The summed E-state index contributed by atoms with van der Waals surface area (Å²) in [6, 6.07) is -4.04. The van der Waals surface area contributed by atoms with Crippen molar-refractivity contribution in [3.8, 4) is 0 Å². The maximum atomic E-state index is 12.8. The number of nitrogens with zero attached hydrogens (tertiary/aromatic N) is 1. The third kappa shape index (κ3) is 10.3. The summed E-state index contributed by atoms with van der Waals surface area (Å²) in [7, 11) is 0. The molecule has 0 rings (SSSR count). The molecule has 0 aromatic carbocycles. The average Bonchev–Trinajstić information content (AvgIpc) is 2.64. The Morgan fingerprint density at radius 1 is 0.967 bits per heavy atom. The zero-order chi connectivity index (χ0) is 23.4. The van der Waals surface area contributed by atoms with E-state index in [4.69, 9.17) is 22.3 Å². The molecule has 30 heavy (non-hydrogen) atoms. The van der Waals surface area contributed by atoms with Crippen LogP contribution in [0.4, 0.5) is 0 Å². The lowest BCUT2D eigenvalue weighted by Crippen LogP contribution is -2.58. The Hall–Kier alpha value is -2.54. The molecule has 12 nitrogen and oxygen atoms in total. The number of carbonyl (C=O) groups excluding carboxylic acids is 3. The molecule has 0 aromatic rings. The van der Waals surface area contributed by atoms with Crippen LogP contribution < -0.4 is 33.2 Å². The number of carboxylic acid groups (broad SMARTS) is 1. The number of guanidine groups is 1. The standard InChI is InChI=1S/C17H33N7O5S/c1-8(2)12(15(27)23-11(7-30)16(28)29)24-14(26)10(22-13(25)9(3)18)5-4-6-21-17(19)20/h8-12,30H,4-7,18H2,1-3H3,(H,22,25)(H,23,27)(H,24,26)(H,28,29)(H4,19,20,21). The second-order valence-electron chi connectivity index (χ2n) is 7.11. The molecule has 172 valence electrons. The second-order valence-corrected chi connectivity index (χ2v) is 7.48. The van der Waals surface area contributed by atoms with E-state index in [0.29, 0.717) is 6.42 Å². The highest BCUT2D eigenvalue weighted by Crippen LogP contribution is 2.06. The number of carboxylic acids is 1. The van der Waals surface area contributed by atoms with Crippen LogP contribution in [0.3, 0.4) is 0 Å². The lowest BCUT2D eigenvalue weighted by atomic mass is 10.0. The van der Waals surface area contributed by atoms with E-state index >= 15 is 0 Å². The van der Waals surface area contributed by atoms with Crippen LogP contribution in [0.25, 0.3) is 0 Å². The Kier molecular flexibility index (Phi) is 12.5. The molecule has 0 saturated carbocycles. The molecule has 0 aliphatic heterocycles. The topological polar surface area (TPSA) is 215 Å². The number of carbonyl (C=O) groups is 4. The number of nitrogens with one attached hydrogen (secondary N) is 3. The van der Waals surface area contributed by atoms with Crippen LogP contribution in [0.1, 0.15) is 33.6 Å². The Bertz CT molecular complexity index is 638. The smallest absolute Gasteiger partial charge is 0.327 e. The van der Waals surface area contributed by atoms with Crippen molar-refractivity contribution < 1.29 is 24.3 Å². The maximum Gasteiger partial charge on any atom is 0.327 e. The van der Waals surface area contributed by atoms with Crippen LogP contribution in [-0.2, 0) is 19.2 Å². The van der Waals surface area contributed by atoms with Crippen LogP contribution in [0, 0.1) is 5.92 Å². The molecule has 13 heteroatoms. The quantitative estimate of drug-likeness (QED) is 0.0652. The van der Waals surface area contributed by atoms with Gasteiger partial charge in [-0.15, -0.1) is 0 Å². The first-order valence-corrected chi connectivity index (χ1v) is 10.1. The number of hydrogen-bond donors (Lipinski definition) is 8. The van der Waals surface area contributed by atoms with Gasteiger partial charge in [-0.1, -0.05) is 13.8 Å². The highest BCUT2D eigenvalue weighted by Gasteiger charge is 2.31. The Balaban J connectivity index is 5.30. The predicted octanol–water partition coefficient (Wildman–Crippen LogP) is -2.49. The van der Waals surface area contributed by atoms with E-state index in [1.165, 1.54) is 6.92 Å². The summed E-state index contributed by atoms with van der Waals surface area (Å²) in [5, 5.41) is 16.5. The van der Waals surface area contributed by atoms with E-state index in [1.807, 2.05) is 0 Å². The Morgan fingerprint density at radius 3 is 1.97 bits per heavy atom. The molecular formula is C17H33N7O5S. The van der Waals surface area contributed by atoms with Crippen molar-refractivity contribution >= 4 is 42.3 Å². The summed E-state index contributed by atoms with van der Waals surface area (Å²) in [4.78, 5) is 52.2. The van der Waals surface area contributed by atoms with Crippen molar-refractivity contribution in [3.63, 3.8) is 0 Å². The van der Waals surface area contributed by atoms with Gasteiger partial charge in [-0.25, -0.2) is 4.79 Å². The third-order valence-electron chi connectivity index (χ3n) is 4.04. The average molecular weight is 448 g/mol. The zero-order valence-corrected chi connectivity index (χ0v) is 18.3. The summed E-state index contributed by atoms with van der Waals surface area (Å²) in [6.45, 7) is 5.10. The molecule has 0 heterocycles. The van der Waals surface area contributed by atoms with E-state index < -0.39 is 47.9 Å². The van der Waals surface area contributed by atoms with E-state index in [9.17, 15) is 19.2 Å². The number of aliphatic carboxylic acids is 1. The van der Waals surface area contributed by atoms with Gasteiger partial charge in [0, 0.05) is 12.3 Å². The minimum atomic E-state index is -1.24. The van der Waals surface area contributed by atoms with Gasteiger partial charge in [0.2, 0.25) is 17.7 Å². The molecule has 0 radical (unpaired) electrons. The van der Waals surface area contributed by atoms with Gasteiger partial charge in [-0.2, -0.15) is 12.6 Å². The van der Waals surface area contributed by atoms with Gasteiger partial charge in [0.1, 0.15) is 18.1 Å². The van der Waals surface area contributed by atoms with Gasteiger partial charge in [0.05, 0.1) is 6.04 Å². The van der Waals surface area contributed by atoms with Crippen molar-refractivity contribution in [2.75, 3.05) is 12.3 Å². The predicted molar refractivity (Wildman–Crippen MR) is 116 cm³/mol. The first kappa shape index (κ1) is 27.5. The Labute approximate surface area is 181 Å². The highest BCUT2D eigenvalue weighted by molar-refractivity contribution is 7.80. The molecule has 0 aliphatic rings. The number of nitrogens with two attached hydrogens (primary N) is 3. The maximum absolute atomic E-state index is 12.8. The number of thiol groups is 1. The summed E-state index contributed by atoms with van der Waals surface area (Å²) in [5.74, 6) is -3.62. The molecule has 4 unspecified atom stereocenters. The number of hydrogen-bond acceptors (Lipinski definition) is 7. The van der Waals surface area contributed by atoms with Gasteiger partial charge in [-0.3, -0.25) is 19.4 Å². The van der Waals surface area contributed by atoms with Crippen LogP contribution in [0.15, 0.2) is 4.99 Å². The third-order valence-corrected chi connectivity index (χ3v) is 4.40. The van der Waals surface area contributed by atoms with Gasteiger partial charge >= 0.3 is 5.97 Å². The van der Waals surface area contributed by atoms with Crippen LogP contribution >= 0.6 is 12.6 Å². The molecule has 0 saturated heterocycles. The summed E-state index contributed by atoms with van der Waals surface area (Å²) in [6.07, 6.45) is 0.580. The van der Waals surface area contributed by atoms with E-state index in [2.05, 4.69) is 33.6 Å². The van der Waals surface area contributed by atoms with Crippen molar-refractivity contribution in [1.82, 2.24) is 16.0 Å². The van der Waals surface area contributed by atoms with Crippen molar-refractivity contribution in [1.29, 1.82) is 0 Å². The van der Waals surface area contributed by atoms with Gasteiger partial charge < -0.3 is 38.3 Å². The van der Waals surface area contributed by atoms with Crippen molar-refractivity contribution in [2.24, 2.45) is 28.1 Å². The molecule has 0 aliphatic carbocycles. The monoisotopic (exact) mass is 447 g/mol. The number of amides is 3. The van der Waals surface area contributed by atoms with Gasteiger partial charge in [0.25, 0.3) is 0 Å². The van der Waals surface area contributed by atoms with Crippen LogP contribution in [-0.4, -0.2) is 71.2 Å². The van der Waals surface area contributed by atoms with Gasteiger partial charge in [0.15, 0.2) is 5.96 Å². The fourth-order valence-corrected chi connectivity index (χ4v) is 2.56. The normalized spacial score (nSPS) is 14.7. The molecule has 0 spiro atoms. The molecule has 4 atom stereocenters. The first-order chi connectivity index (χ1) is 13.9. The number of aliphatic imine (C=N–C) groups is 1. The fraction of sp³-hybridized carbons (Fsp3) is 0.706.